The van der Waals surface area contributed by atoms with Gasteiger partial charge >= 0.3 is 0 Å². The summed E-state index contributed by atoms with van der Waals surface area (Å²) in [5.74, 6) is 0.0945. The maximum atomic E-state index is 13.0. The summed E-state index contributed by atoms with van der Waals surface area (Å²) in [6, 6.07) is 0. The Morgan fingerprint density at radius 1 is 1.38 bits per heavy atom. The van der Waals surface area contributed by atoms with Gasteiger partial charge in [-0.2, -0.15) is 0 Å². The molecule has 0 aliphatic heterocycles. The zero-order valence-electron chi connectivity index (χ0n) is 7.97. The number of rotatable bonds is 3. The first-order valence-corrected chi connectivity index (χ1v) is 4.43. The SMILES string of the molecule is CCCCc1nc(C)c(F)c(N)n1. The normalized spacial score (nSPS) is 10.4. The molecule has 72 valence electrons. The van der Waals surface area contributed by atoms with Crippen molar-refractivity contribution in [2.75, 3.05) is 5.73 Å². The molecule has 1 aromatic heterocycles. The summed E-state index contributed by atoms with van der Waals surface area (Å²) in [6.45, 7) is 3.68. The van der Waals surface area contributed by atoms with Gasteiger partial charge < -0.3 is 5.73 Å². The number of hydrogen-bond acceptors (Lipinski definition) is 3. The molecule has 13 heavy (non-hydrogen) atoms. The smallest absolute Gasteiger partial charge is 0.186 e. The lowest BCUT2D eigenvalue weighted by Gasteiger charge is -2.03. The van der Waals surface area contributed by atoms with Gasteiger partial charge in [-0.05, 0) is 13.3 Å². The largest absolute Gasteiger partial charge is 0.381 e. The first kappa shape index (κ1) is 9.89. The minimum absolute atomic E-state index is 0.0430. The number of unbranched alkanes of at least 4 members (excludes halogenated alkanes) is 1. The van der Waals surface area contributed by atoms with E-state index in [-0.39, 0.29) is 5.82 Å². The lowest BCUT2D eigenvalue weighted by atomic mass is 10.2. The summed E-state index contributed by atoms with van der Waals surface area (Å²) in [5.41, 5.74) is 5.70. The van der Waals surface area contributed by atoms with Crippen LogP contribution in [-0.4, -0.2) is 9.97 Å². The summed E-state index contributed by atoms with van der Waals surface area (Å²) in [6.07, 6.45) is 2.84. The van der Waals surface area contributed by atoms with Gasteiger partial charge in [-0.25, -0.2) is 14.4 Å². The summed E-state index contributed by atoms with van der Waals surface area (Å²) in [7, 11) is 0. The topological polar surface area (TPSA) is 51.8 Å². The number of nitrogen functional groups attached to an aromatic ring is 1. The van der Waals surface area contributed by atoms with Gasteiger partial charge in [-0.3, -0.25) is 0 Å². The molecule has 0 unspecified atom stereocenters. The van der Waals surface area contributed by atoms with Crippen LogP contribution in [0.3, 0.4) is 0 Å². The Morgan fingerprint density at radius 2 is 2.08 bits per heavy atom. The van der Waals surface area contributed by atoms with E-state index in [0.29, 0.717) is 11.5 Å². The molecule has 0 radical (unpaired) electrons. The fourth-order valence-electron chi connectivity index (χ4n) is 1.09. The van der Waals surface area contributed by atoms with Crippen LogP contribution in [0.4, 0.5) is 10.2 Å². The van der Waals surface area contributed by atoms with Gasteiger partial charge in [0.25, 0.3) is 0 Å². The molecule has 2 N–H and O–H groups in total. The molecule has 0 bridgehead atoms. The highest BCUT2D eigenvalue weighted by atomic mass is 19.1. The monoisotopic (exact) mass is 183 g/mol. The maximum Gasteiger partial charge on any atom is 0.186 e. The minimum Gasteiger partial charge on any atom is -0.381 e. The predicted octanol–water partition coefficient (Wildman–Crippen LogP) is 1.85. The van der Waals surface area contributed by atoms with E-state index in [4.69, 9.17) is 5.73 Å². The lowest BCUT2D eigenvalue weighted by Crippen LogP contribution is -2.05. The third-order valence-corrected chi connectivity index (χ3v) is 1.84. The Kier molecular flexibility index (Phi) is 3.17. The molecule has 1 aromatic rings. The van der Waals surface area contributed by atoms with Crippen molar-refractivity contribution in [1.82, 2.24) is 9.97 Å². The first-order chi connectivity index (χ1) is 6.15. The third-order valence-electron chi connectivity index (χ3n) is 1.84. The molecule has 0 saturated heterocycles. The van der Waals surface area contributed by atoms with Crippen molar-refractivity contribution < 1.29 is 4.39 Å². The molecular weight excluding hydrogens is 169 g/mol. The van der Waals surface area contributed by atoms with E-state index < -0.39 is 5.82 Å². The number of hydrogen-bond donors (Lipinski definition) is 1. The Balaban J connectivity index is 2.86. The highest BCUT2D eigenvalue weighted by Crippen LogP contribution is 2.11. The second-order valence-electron chi connectivity index (χ2n) is 3.03. The summed E-state index contributed by atoms with van der Waals surface area (Å²) in [4.78, 5) is 7.87. The van der Waals surface area contributed by atoms with Crippen LogP contribution < -0.4 is 5.73 Å². The molecule has 4 heteroatoms. The molecule has 0 aliphatic rings. The lowest BCUT2D eigenvalue weighted by molar-refractivity contribution is 0.600. The van der Waals surface area contributed by atoms with Crippen LogP contribution >= 0.6 is 0 Å². The van der Waals surface area contributed by atoms with Crippen molar-refractivity contribution in [3.63, 3.8) is 0 Å². The summed E-state index contributed by atoms with van der Waals surface area (Å²) >= 11 is 0. The highest BCUT2D eigenvalue weighted by molar-refractivity contribution is 5.31. The molecule has 0 aromatic carbocycles. The third kappa shape index (κ3) is 2.37. The average molecular weight is 183 g/mol. The van der Waals surface area contributed by atoms with Gasteiger partial charge in [-0.1, -0.05) is 13.3 Å². The molecule has 1 heterocycles. The Morgan fingerprint density at radius 3 is 2.62 bits per heavy atom. The highest BCUT2D eigenvalue weighted by Gasteiger charge is 2.07. The van der Waals surface area contributed by atoms with E-state index in [1.807, 2.05) is 0 Å². The number of halogens is 1. The second kappa shape index (κ2) is 4.16. The molecule has 3 nitrogen and oxygen atoms in total. The zero-order chi connectivity index (χ0) is 9.84. The van der Waals surface area contributed by atoms with Gasteiger partial charge in [0.1, 0.15) is 5.82 Å². The van der Waals surface area contributed by atoms with Gasteiger partial charge in [0.05, 0.1) is 5.69 Å². The quantitative estimate of drug-likeness (QED) is 0.778. The average Bonchev–Trinajstić information content (AvgIpc) is 2.10. The van der Waals surface area contributed by atoms with Gasteiger partial charge in [0.15, 0.2) is 11.6 Å². The second-order valence-corrected chi connectivity index (χ2v) is 3.03. The number of aryl methyl sites for hydroxylation is 2. The van der Waals surface area contributed by atoms with Crippen molar-refractivity contribution in [2.45, 2.75) is 33.1 Å². The van der Waals surface area contributed by atoms with E-state index in [1.54, 1.807) is 6.92 Å². The van der Waals surface area contributed by atoms with Crippen LogP contribution in [-0.2, 0) is 6.42 Å². The van der Waals surface area contributed by atoms with Crippen LogP contribution in [0.2, 0.25) is 0 Å². The van der Waals surface area contributed by atoms with E-state index in [2.05, 4.69) is 16.9 Å². The molecule has 0 saturated carbocycles. The fourth-order valence-corrected chi connectivity index (χ4v) is 1.09. The first-order valence-electron chi connectivity index (χ1n) is 4.43. The molecular formula is C9H14FN3. The van der Waals surface area contributed by atoms with Crippen LogP contribution in [0.5, 0.6) is 0 Å². The maximum absolute atomic E-state index is 13.0. The summed E-state index contributed by atoms with van der Waals surface area (Å²) < 4.78 is 13.0. The Labute approximate surface area is 77.2 Å². The zero-order valence-corrected chi connectivity index (χ0v) is 7.97. The van der Waals surface area contributed by atoms with Gasteiger partial charge in [0.2, 0.25) is 0 Å². The number of nitrogens with two attached hydrogens (primary N) is 1. The van der Waals surface area contributed by atoms with E-state index in [9.17, 15) is 4.39 Å². The standard InChI is InChI=1S/C9H14FN3/c1-3-4-5-7-12-6(2)8(10)9(11)13-7/h3-5H2,1-2H3,(H2,11,12,13). The molecule has 0 spiro atoms. The van der Waals surface area contributed by atoms with Crippen LogP contribution in [0.15, 0.2) is 0 Å². The van der Waals surface area contributed by atoms with Gasteiger partial charge in [-0.15, -0.1) is 0 Å². The molecule has 0 fully saturated rings. The van der Waals surface area contributed by atoms with Crippen molar-refractivity contribution >= 4 is 5.82 Å². The van der Waals surface area contributed by atoms with Crippen molar-refractivity contribution in [3.05, 3.63) is 17.3 Å². The van der Waals surface area contributed by atoms with Crippen LogP contribution in [0, 0.1) is 12.7 Å². The van der Waals surface area contributed by atoms with E-state index in [0.717, 1.165) is 19.3 Å². The van der Waals surface area contributed by atoms with E-state index in [1.165, 1.54) is 0 Å². The minimum atomic E-state index is -0.500. The summed E-state index contributed by atoms with van der Waals surface area (Å²) in [5, 5.41) is 0. The fraction of sp³-hybridized carbons (Fsp3) is 0.556. The Bertz CT molecular complexity index is 276. The van der Waals surface area contributed by atoms with E-state index >= 15 is 0 Å². The van der Waals surface area contributed by atoms with Crippen molar-refractivity contribution in [3.8, 4) is 0 Å². The van der Waals surface area contributed by atoms with Crippen LogP contribution in [0.1, 0.15) is 31.3 Å². The molecule has 0 aliphatic carbocycles. The van der Waals surface area contributed by atoms with Crippen LogP contribution in [0.25, 0.3) is 0 Å². The van der Waals surface area contributed by atoms with Crippen molar-refractivity contribution in [2.24, 2.45) is 0 Å². The molecule has 0 atom stereocenters. The number of aromatic nitrogens is 2. The predicted molar refractivity (Wildman–Crippen MR) is 49.8 cm³/mol. The van der Waals surface area contributed by atoms with Crippen molar-refractivity contribution in [1.29, 1.82) is 0 Å². The number of anilines is 1. The Hall–Kier alpha value is -1.19. The molecule has 1 rings (SSSR count). The molecule has 0 amide bonds. The number of nitrogens with zero attached hydrogens (tertiary/aromatic N) is 2. The van der Waals surface area contributed by atoms with Gasteiger partial charge in [0, 0.05) is 6.42 Å².